The number of halogens is 4. The highest BCUT2D eigenvalue weighted by atomic mass is 35.5. The molecule has 0 saturated carbocycles. The second kappa shape index (κ2) is 10.9. The van der Waals surface area contributed by atoms with E-state index in [2.05, 4.69) is 0 Å². The number of thioether (sulfide) groups is 1. The first-order chi connectivity index (χ1) is 16.8. The van der Waals surface area contributed by atoms with Crippen LogP contribution in [0.15, 0.2) is 59.5 Å². The number of methoxy groups -OCH3 is 1. The van der Waals surface area contributed by atoms with Crippen LogP contribution in [0.3, 0.4) is 0 Å². The van der Waals surface area contributed by atoms with Gasteiger partial charge in [0.1, 0.15) is 12.4 Å². The van der Waals surface area contributed by atoms with Gasteiger partial charge in [-0.25, -0.2) is 4.39 Å². The van der Waals surface area contributed by atoms with Gasteiger partial charge in [0.05, 0.1) is 23.6 Å². The molecule has 0 aromatic heterocycles. The fourth-order valence-corrected chi connectivity index (χ4v) is 4.87. The Morgan fingerprint density at radius 3 is 2.46 bits per heavy atom. The second-order valence-electron chi connectivity index (χ2n) is 7.42. The predicted molar refractivity (Wildman–Crippen MR) is 137 cm³/mol. The second-order valence-corrected chi connectivity index (χ2v) is 9.63. The number of carbonyl (C=O) groups excluding carboxylic acids is 2. The Balaban J connectivity index is 1.54. The summed E-state index contributed by atoms with van der Waals surface area (Å²) < 4.78 is 24.6. The van der Waals surface area contributed by atoms with Crippen molar-refractivity contribution in [2.45, 2.75) is 13.2 Å². The molecule has 10 heteroatoms. The summed E-state index contributed by atoms with van der Waals surface area (Å²) in [5.41, 5.74) is 1.79. The highest BCUT2D eigenvalue weighted by Crippen LogP contribution is 2.40. The number of hydrogen-bond acceptors (Lipinski definition) is 5. The summed E-state index contributed by atoms with van der Waals surface area (Å²) in [6, 6.07) is 14.3. The minimum Gasteiger partial charge on any atom is -0.493 e. The molecule has 3 aromatic carbocycles. The van der Waals surface area contributed by atoms with E-state index in [4.69, 9.17) is 44.3 Å². The Kier molecular flexibility index (Phi) is 7.91. The highest BCUT2D eigenvalue weighted by Gasteiger charge is 2.35. The molecule has 0 radical (unpaired) electrons. The Morgan fingerprint density at radius 2 is 1.74 bits per heavy atom. The minimum atomic E-state index is -0.502. The lowest BCUT2D eigenvalue weighted by atomic mass is 10.1. The maximum absolute atomic E-state index is 13.3. The van der Waals surface area contributed by atoms with Crippen molar-refractivity contribution in [2.75, 3.05) is 7.11 Å². The van der Waals surface area contributed by atoms with Crippen molar-refractivity contribution in [1.82, 2.24) is 4.90 Å². The summed E-state index contributed by atoms with van der Waals surface area (Å²) in [5, 5.41) is 0.508. The standard InChI is InChI=1S/C25H17Cl3FNO4S/c1-33-21-9-14(8-20(28)23(21)34-13-16-4-2-3-5-18(16)26)10-22-24(31)30(25(32)35-22)12-15-6-7-17(29)11-19(15)27/h2-11H,12-13H2,1H3/b22-10-. The van der Waals surface area contributed by atoms with E-state index >= 15 is 0 Å². The largest absolute Gasteiger partial charge is 0.493 e. The number of nitrogens with zero attached hydrogens (tertiary/aromatic N) is 1. The average Bonchev–Trinajstić information content (AvgIpc) is 3.08. The number of ether oxygens (including phenoxy) is 2. The molecule has 2 amide bonds. The number of carbonyl (C=O) groups is 2. The molecule has 35 heavy (non-hydrogen) atoms. The van der Waals surface area contributed by atoms with Crippen molar-refractivity contribution >= 4 is 63.8 Å². The van der Waals surface area contributed by atoms with Gasteiger partial charge in [-0.15, -0.1) is 0 Å². The van der Waals surface area contributed by atoms with Gasteiger partial charge in [-0.05, 0) is 59.3 Å². The zero-order chi connectivity index (χ0) is 25.1. The Labute approximate surface area is 220 Å². The van der Waals surface area contributed by atoms with Gasteiger partial charge >= 0.3 is 0 Å². The molecule has 0 bridgehead atoms. The molecule has 3 aromatic rings. The van der Waals surface area contributed by atoms with Crippen molar-refractivity contribution in [3.63, 3.8) is 0 Å². The molecule has 1 saturated heterocycles. The molecule has 0 N–H and O–H groups in total. The molecule has 4 rings (SSSR count). The van der Waals surface area contributed by atoms with E-state index in [1.54, 1.807) is 24.3 Å². The van der Waals surface area contributed by atoms with Gasteiger partial charge in [0.15, 0.2) is 11.5 Å². The van der Waals surface area contributed by atoms with Crippen LogP contribution in [0.25, 0.3) is 6.08 Å². The minimum absolute atomic E-state index is 0.0694. The smallest absolute Gasteiger partial charge is 0.293 e. The lowest BCUT2D eigenvalue weighted by Gasteiger charge is -2.14. The van der Waals surface area contributed by atoms with Gasteiger partial charge in [-0.3, -0.25) is 14.5 Å². The Hall–Kier alpha value is -2.71. The fourth-order valence-electron chi connectivity index (χ4n) is 3.34. The molecule has 1 aliphatic heterocycles. The van der Waals surface area contributed by atoms with Crippen LogP contribution in [-0.4, -0.2) is 23.2 Å². The van der Waals surface area contributed by atoms with Gasteiger partial charge < -0.3 is 9.47 Å². The van der Waals surface area contributed by atoms with Gasteiger partial charge in [-0.1, -0.05) is 59.1 Å². The van der Waals surface area contributed by atoms with Crippen molar-refractivity contribution < 1.29 is 23.5 Å². The number of hydrogen-bond donors (Lipinski definition) is 0. The topological polar surface area (TPSA) is 55.8 Å². The molecular weight excluding hydrogens is 536 g/mol. The monoisotopic (exact) mass is 551 g/mol. The summed E-state index contributed by atoms with van der Waals surface area (Å²) in [4.78, 5) is 26.6. The highest BCUT2D eigenvalue weighted by molar-refractivity contribution is 8.18. The van der Waals surface area contributed by atoms with Crippen LogP contribution in [0.5, 0.6) is 11.5 Å². The van der Waals surface area contributed by atoms with Gasteiger partial charge in [0.25, 0.3) is 11.1 Å². The van der Waals surface area contributed by atoms with E-state index in [1.165, 1.54) is 19.2 Å². The molecule has 5 nitrogen and oxygen atoms in total. The van der Waals surface area contributed by atoms with Crippen molar-refractivity contribution in [2.24, 2.45) is 0 Å². The summed E-state index contributed by atoms with van der Waals surface area (Å²) in [5.74, 6) is -0.314. The van der Waals surface area contributed by atoms with E-state index in [-0.39, 0.29) is 28.1 Å². The van der Waals surface area contributed by atoms with Crippen molar-refractivity contribution in [3.05, 3.63) is 97.1 Å². The quantitative estimate of drug-likeness (QED) is 0.282. The third-order valence-electron chi connectivity index (χ3n) is 5.10. The lowest BCUT2D eigenvalue weighted by Crippen LogP contribution is -2.27. The zero-order valence-electron chi connectivity index (χ0n) is 18.2. The summed E-state index contributed by atoms with van der Waals surface area (Å²) in [6.07, 6.45) is 1.55. The van der Waals surface area contributed by atoms with Gasteiger partial charge in [0.2, 0.25) is 0 Å². The first kappa shape index (κ1) is 25.4. The lowest BCUT2D eigenvalue weighted by molar-refractivity contribution is -0.123. The number of imide groups is 1. The molecule has 180 valence electrons. The van der Waals surface area contributed by atoms with E-state index in [1.807, 2.05) is 18.2 Å². The number of benzene rings is 3. The average molecular weight is 553 g/mol. The number of amides is 2. The van der Waals surface area contributed by atoms with Gasteiger partial charge in [-0.2, -0.15) is 0 Å². The summed E-state index contributed by atoms with van der Waals surface area (Å²) in [7, 11) is 1.47. The van der Waals surface area contributed by atoms with Crippen LogP contribution in [0.4, 0.5) is 9.18 Å². The third-order valence-corrected chi connectivity index (χ3v) is 7.01. The summed E-state index contributed by atoms with van der Waals surface area (Å²) in [6.45, 7) is 0.111. The first-order valence-electron chi connectivity index (χ1n) is 10.2. The Morgan fingerprint density at radius 1 is 0.971 bits per heavy atom. The molecule has 1 fully saturated rings. The van der Waals surface area contributed by atoms with E-state index in [9.17, 15) is 14.0 Å². The molecule has 0 spiro atoms. The predicted octanol–water partition coefficient (Wildman–Crippen LogP) is 7.61. The van der Waals surface area contributed by atoms with Crippen LogP contribution >= 0.6 is 46.6 Å². The summed E-state index contributed by atoms with van der Waals surface area (Å²) >= 11 is 19.5. The number of rotatable bonds is 7. The third kappa shape index (κ3) is 5.76. The van der Waals surface area contributed by atoms with Crippen molar-refractivity contribution in [3.8, 4) is 11.5 Å². The van der Waals surface area contributed by atoms with E-state index in [0.29, 0.717) is 27.6 Å². The first-order valence-corrected chi connectivity index (χ1v) is 12.1. The molecular formula is C25H17Cl3FNO4S. The maximum Gasteiger partial charge on any atom is 0.293 e. The fraction of sp³-hybridized carbons (Fsp3) is 0.120. The molecule has 1 aliphatic rings. The van der Waals surface area contributed by atoms with Crippen LogP contribution < -0.4 is 9.47 Å². The molecule has 0 unspecified atom stereocenters. The van der Waals surface area contributed by atoms with Crippen LogP contribution in [0.2, 0.25) is 15.1 Å². The zero-order valence-corrected chi connectivity index (χ0v) is 21.3. The normalized spacial score (nSPS) is 14.7. The van der Waals surface area contributed by atoms with Crippen LogP contribution in [0, 0.1) is 5.82 Å². The van der Waals surface area contributed by atoms with Crippen molar-refractivity contribution in [1.29, 1.82) is 0 Å². The van der Waals surface area contributed by atoms with E-state index < -0.39 is 17.0 Å². The molecule has 0 atom stereocenters. The molecule has 0 aliphatic carbocycles. The maximum atomic E-state index is 13.3. The van der Waals surface area contributed by atoms with Gasteiger partial charge in [0, 0.05) is 15.6 Å². The molecule has 1 heterocycles. The SMILES string of the molecule is COc1cc(/C=C2\SC(=O)N(Cc3ccc(F)cc3Cl)C2=O)cc(Cl)c1OCc1ccccc1Cl. The van der Waals surface area contributed by atoms with Crippen LogP contribution in [0.1, 0.15) is 16.7 Å². The van der Waals surface area contributed by atoms with Crippen LogP contribution in [-0.2, 0) is 17.9 Å². The van der Waals surface area contributed by atoms with E-state index in [0.717, 1.165) is 28.3 Å². The Bertz CT molecular complexity index is 1350.